The topological polar surface area (TPSA) is 29.1 Å². The Kier molecular flexibility index (Phi) is 4.76. The molecular formula is C16H13ClF3NO. The van der Waals surface area contributed by atoms with Crippen LogP contribution in [0.25, 0.3) is 0 Å². The fraction of sp³-hybridized carbons (Fsp3) is 0.188. The number of hydrogen-bond donors (Lipinski definition) is 1. The SMILES string of the molecule is CC(NC(=O)c1ccccc1Cl)c1cccc(C(F)(F)F)c1. The highest BCUT2D eigenvalue weighted by molar-refractivity contribution is 6.33. The normalized spacial score (nSPS) is 12.8. The zero-order chi connectivity index (χ0) is 16.3. The minimum atomic E-state index is -4.41. The Bertz CT molecular complexity index is 685. The third-order valence-corrected chi connectivity index (χ3v) is 3.51. The van der Waals surface area contributed by atoms with Crippen LogP contribution in [0.5, 0.6) is 0 Å². The first-order chi connectivity index (χ1) is 10.3. The average Bonchev–Trinajstić information content (AvgIpc) is 2.46. The molecule has 22 heavy (non-hydrogen) atoms. The van der Waals surface area contributed by atoms with Crippen LogP contribution in [0.15, 0.2) is 48.5 Å². The van der Waals surface area contributed by atoms with Crippen molar-refractivity contribution in [1.29, 1.82) is 0 Å². The first-order valence-electron chi connectivity index (χ1n) is 6.51. The van der Waals surface area contributed by atoms with E-state index in [0.717, 1.165) is 12.1 Å². The fourth-order valence-electron chi connectivity index (χ4n) is 1.99. The average molecular weight is 328 g/mol. The smallest absolute Gasteiger partial charge is 0.345 e. The maximum absolute atomic E-state index is 12.7. The van der Waals surface area contributed by atoms with Gasteiger partial charge in [-0.05, 0) is 36.8 Å². The van der Waals surface area contributed by atoms with E-state index in [1.54, 1.807) is 31.2 Å². The molecule has 0 heterocycles. The highest BCUT2D eigenvalue weighted by Gasteiger charge is 2.30. The zero-order valence-electron chi connectivity index (χ0n) is 11.6. The van der Waals surface area contributed by atoms with Gasteiger partial charge in [-0.3, -0.25) is 4.79 Å². The molecule has 0 radical (unpaired) electrons. The molecule has 116 valence electrons. The molecule has 1 atom stereocenters. The van der Waals surface area contributed by atoms with Crippen LogP contribution in [0.4, 0.5) is 13.2 Å². The summed E-state index contributed by atoms with van der Waals surface area (Å²) >= 11 is 5.92. The largest absolute Gasteiger partial charge is 0.416 e. The predicted octanol–water partition coefficient (Wildman–Crippen LogP) is 4.85. The molecule has 1 unspecified atom stereocenters. The molecule has 1 N–H and O–H groups in total. The van der Waals surface area contributed by atoms with E-state index in [1.165, 1.54) is 12.1 Å². The fourth-order valence-corrected chi connectivity index (χ4v) is 2.21. The van der Waals surface area contributed by atoms with Crippen molar-refractivity contribution in [3.05, 3.63) is 70.2 Å². The number of nitrogens with one attached hydrogen (secondary N) is 1. The second-order valence-corrected chi connectivity index (χ2v) is 5.21. The lowest BCUT2D eigenvalue weighted by Gasteiger charge is -2.16. The molecule has 1 amide bonds. The lowest BCUT2D eigenvalue weighted by Crippen LogP contribution is -2.27. The van der Waals surface area contributed by atoms with E-state index < -0.39 is 23.7 Å². The van der Waals surface area contributed by atoms with Crippen molar-refractivity contribution in [2.45, 2.75) is 19.1 Å². The second kappa shape index (κ2) is 6.40. The van der Waals surface area contributed by atoms with Gasteiger partial charge in [-0.1, -0.05) is 35.9 Å². The third-order valence-electron chi connectivity index (χ3n) is 3.18. The number of carbonyl (C=O) groups excluding carboxylic acids is 1. The van der Waals surface area contributed by atoms with Gasteiger partial charge in [0.15, 0.2) is 0 Å². The van der Waals surface area contributed by atoms with E-state index >= 15 is 0 Å². The minimum Gasteiger partial charge on any atom is -0.345 e. The van der Waals surface area contributed by atoms with Gasteiger partial charge < -0.3 is 5.32 Å². The van der Waals surface area contributed by atoms with Gasteiger partial charge in [-0.2, -0.15) is 13.2 Å². The van der Waals surface area contributed by atoms with Crippen molar-refractivity contribution in [2.24, 2.45) is 0 Å². The Morgan fingerprint density at radius 2 is 1.82 bits per heavy atom. The standard InChI is InChI=1S/C16H13ClF3NO/c1-10(11-5-4-6-12(9-11)16(18,19)20)21-15(22)13-7-2-3-8-14(13)17/h2-10H,1H3,(H,21,22). The molecule has 2 aromatic rings. The van der Waals surface area contributed by atoms with E-state index in [9.17, 15) is 18.0 Å². The van der Waals surface area contributed by atoms with Crippen molar-refractivity contribution in [2.75, 3.05) is 0 Å². The van der Waals surface area contributed by atoms with Crippen molar-refractivity contribution < 1.29 is 18.0 Å². The second-order valence-electron chi connectivity index (χ2n) is 4.80. The van der Waals surface area contributed by atoms with Gasteiger partial charge in [0.2, 0.25) is 0 Å². The van der Waals surface area contributed by atoms with Crippen molar-refractivity contribution >= 4 is 17.5 Å². The molecule has 0 fully saturated rings. The summed E-state index contributed by atoms with van der Waals surface area (Å²) in [7, 11) is 0. The van der Waals surface area contributed by atoms with Gasteiger partial charge in [0.25, 0.3) is 5.91 Å². The van der Waals surface area contributed by atoms with Crippen LogP contribution < -0.4 is 5.32 Å². The van der Waals surface area contributed by atoms with Crippen LogP contribution in [-0.2, 0) is 6.18 Å². The summed E-state index contributed by atoms with van der Waals surface area (Å²) in [5.41, 5.74) is -0.0953. The maximum atomic E-state index is 12.7. The third kappa shape index (κ3) is 3.80. The number of benzene rings is 2. The zero-order valence-corrected chi connectivity index (χ0v) is 12.4. The highest BCUT2D eigenvalue weighted by Crippen LogP contribution is 2.30. The van der Waals surface area contributed by atoms with Crippen LogP contribution in [0.3, 0.4) is 0 Å². The molecule has 0 aliphatic heterocycles. The summed E-state index contributed by atoms with van der Waals surface area (Å²) in [5, 5.41) is 2.93. The number of carbonyl (C=O) groups is 1. The summed E-state index contributed by atoms with van der Waals surface area (Å²) in [4.78, 5) is 12.1. The molecule has 0 aliphatic rings. The first-order valence-corrected chi connectivity index (χ1v) is 6.89. The molecule has 2 aromatic carbocycles. The molecule has 0 bridgehead atoms. The monoisotopic (exact) mass is 327 g/mol. The van der Waals surface area contributed by atoms with Gasteiger partial charge in [-0.25, -0.2) is 0 Å². The molecule has 0 aromatic heterocycles. The maximum Gasteiger partial charge on any atom is 0.416 e. The first kappa shape index (κ1) is 16.4. The number of alkyl halides is 3. The van der Waals surface area contributed by atoms with Gasteiger partial charge in [0.05, 0.1) is 22.2 Å². The summed E-state index contributed by atoms with van der Waals surface area (Å²) in [6.45, 7) is 1.62. The summed E-state index contributed by atoms with van der Waals surface area (Å²) < 4.78 is 38.1. The molecule has 6 heteroatoms. The number of hydrogen-bond acceptors (Lipinski definition) is 1. The summed E-state index contributed by atoms with van der Waals surface area (Å²) in [6.07, 6.45) is -4.41. The van der Waals surface area contributed by atoms with Crippen LogP contribution in [0.1, 0.15) is 34.5 Å². The summed E-state index contributed by atoms with van der Waals surface area (Å²) in [6, 6.07) is 10.8. The Morgan fingerprint density at radius 1 is 1.14 bits per heavy atom. The number of rotatable bonds is 3. The minimum absolute atomic E-state index is 0.281. The van der Waals surface area contributed by atoms with E-state index in [-0.39, 0.29) is 10.6 Å². The van der Waals surface area contributed by atoms with Crippen molar-refractivity contribution in [1.82, 2.24) is 5.32 Å². The molecule has 0 spiro atoms. The quantitative estimate of drug-likeness (QED) is 0.858. The van der Waals surface area contributed by atoms with Gasteiger partial charge in [0.1, 0.15) is 0 Å². The Morgan fingerprint density at radius 3 is 2.45 bits per heavy atom. The molecule has 2 rings (SSSR count). The van der Waals surface area contributed by atoms with Crippen LogP contribution in [0.2, 0.25) is 5.02 Å². The van der Waals surface area contributed by atoms with E-state index in [4.69, 9.17) is 11.6 Å². The van der Waals surface area contributed by atoms with Crippen LogP contribution in [0, 0.1) is 0 Å². The van der Waals surface area contributed by atoms with Crippen molar-refractivity contribution in [3.63, 3.8) is 0 Å². The predicted molar refractivity (Wildman–Crippen MR) is 78.8 cm³/mol. The number of amides is 1. The molecule has 0 saturated carbocycles. The lowest BCUT2D eigenvalue weighted by atomic mass is 10.0. The van der Waals surface area contributed by atoms with Gasteiger partial charge in [-0.15, -0.1) is 0 Å². The Labute approximate surface area is 130 Å². The Hall–Kier alpha value is -2.01. The van der Waals surface area contributed by atoms with Crippen LogP contribution in [-0.4, -0.2) is 5.91 Å². The lowest BCUT2D eigenvalue weighted by molar-refractivity contribution is -0.137. The van der Waals surface area contributed by atoms with E-state index in [2.05, 4.69) is 5.32 Å². The van der Waals surface area contributed by atoms with E-state index in [1.807, 2.05) is 0 Å². The molecule has 0 aliphatic carbocycles. The van der Waals surface area contributed by atoms with Crippen LogP contribution >= 0.6 is 11.6 Å². The molecule has 2 nitrogen and oxygen atoms in total. The highest BCUT2D eigenvalue weighted by atomic mass is 35.5. The molecular weight excluding hydrogens is 315 g/mol. The van der Waals surface area contributed by atoms with E-state index in [0.29, 0.717) is 5.56 Å². The Balaban J connectivity index is 2.18. The number of halogens is 4. The summed E-state index contributed by atoms with van der Waals surface area (Å²) in [5.74, 6) is -0.435. The van der Waals surface area contributed by atoms with Crippen molar-refractivity contribution in [3.8, 4) is 0 Å². The van der Waals surface area contributed by atoms with Gasteiger partial charge >= 0.3 is 6.18 Å². The van der Waals surface area contributed by atoms with Gasteiger partial charge in [0, 0.05) is 0 Å². The molecule has 0 saturated heterocycles.